The normalized spacial score (nSPS) is 9.92. The van der Waals surface area contributed by atoms with Crippen molar-refractivity contribution >= 4 is 17.7 Å². The summed E-state index contributed by atoms with van der Waals surface area (Å²) in [5.74, 6) is 4.89. The van der Waals surface area contributed by atoms with Gasteiger partial charge >= 0.3 is 5.97 Å². The van der Waals surface area contributed by atoms with E-state index >= 15 is 0 Å². The maximum absolute atomic E-state index is 10.7. The lowest BCUT2D eigenvalue weighted by Crippen LogP contribution is -2.26. The number of hydrogen-bond acceptors (Lipinski definition) is 7. The van der Waals surface area contributed by atoms with E-state index in [1.807, 2.05) is 5.59 Å². The zero-order chi connectivity index (χ0) is 9.52. The van der Waals surface area contributed by atoms with Crippen molar-refractivity contribution < 1.29 is 14.0 Å². The van der Waals surface area contributed by atoms with Gasteiger partial charge < -0.3 is 9.25 Å². The van der Waals surface area contributed by atoms with Crippen LogP contribution in [0.1, 0.15) is 6.42 Å². The van der Waals surface area contributed by atoms with Crippen molar-refractivity contribution in [2.75, 3.05) is 5.75 Å². The molecule has 1 aromatic rings. The van der Waals surface area contributed by atoms with Gasteiger partial charge in [-0.1, -0.05) is 17.4 Å². The molecule has 0 amide bonds. The van der Waals surface area contributed by atoms with Crippen LogP contribution in [0.3, 0.4) is 0 Å². The number of nitrogens with one attached hydrogen (secondary N) is 1. The quantitative estimate of drug-likeness (QED) is 0.398. The molecule has 3 N–H and O–H groups in total. The molecule has 0 fully saturated rings. The van der Waals surface area contributed by atoms with E-state index in [0.717, 1.165) is 0 Å². The van der Waals surface area contributed by atoms with Crippen LogP contribution in [-0.4, -0.2) is 16.7 Å². The number of hydrazine groups is 1. The van der Waals surface area contributed by atoms with Crippen LogP contribution >= 0.6 is 11.8 Å². The molecule has 0 radical (unpaired) electrons. The Morgan fingerprint density at radius 3 is 3.31 bits per heavy atom. The second-order valence-corrected chi connectivity index (χ2v) is 3.03. The Morgan fingerprint density at radius 1 is 1.85 bits per heavy atom. The Kier molecular flexibility index (Phi) is 4.30. The first kappa shape index (κ1) is 10.0. The lowest BCUT2D eigenvalue weighted by molar-refractivity contribution is -0.150. The minimum Gasteiger partial charge on any atom is -0.440 e. The average Bonchev–Trinajstić information content (AvgIpc) is 2.57. The highest BCUT2D eigenvalue weighted by atomic mass is 32.2. The highest BCUT2D eigenvalue weighted by molar-refractivity contribution is 7.99. The molecule has 1 heterocycles. The molecule has 72 valence electrons. The van der Waals surface area contributed by atoms with Crippen molar-refractivity contribution in [1.29, 1.82) is 0 Å². The van der Waals surface area contributed by atoms with Gasteiger partial charge in [-0.2, -0.15) is 0 Å². The number of carbonyl (C=O) groups excluding carboxylic acids is 1. The molecule has 0 unspecified atom stereocenters. The van der Waals surface area contributed by atoms with Gasteiger partial charge in [0.1, 0.15) is 6.26 Å². The van der Waals surface area contributed by atoms with Crippen LogP contribution in [0.25, 0.3) is 0 Å². The molecule has 13 heavy (non-hydrogen) atoms. The van der Waals surface area contributed by atoms with Crippen LogP contribution < -0.4 is 11.4 Å². The summed E-state index contributed by atoms with van der Waals surface area (Å²) in [6.45, 7) is 0. The van der Waals surface area contributed by atoms with Crippen molar-refractivity contribution in [3.8, 4) is 0 Å². The molecule has 0 saturated heterocycles. The Hall–Kier alpha value is -1.05. The zero-order valence-electron chi connectivity index (χ0n) is 6.73. The van der Waals surface area contributed by atoms with E-state index in [1.165, 1.54) is 18.0 Å². The Labute approximate surface area is 78.8 Å². The van der Waals surface area contributed by atoms with Crippen LogP contribution in [0.4, 0.5) is 0 Å². The maximum atomic E-state index is 10.7. The topological polar surface area (TPSA) is 90.4 Å². The van der Waals surface area contributed by atoms with Crippen molar-refractivity contribution in [3.63, 3.8) is 0 Å². The standard InChI is InChI=1S/C6H9N3O3S/c7-9-12-5(10)1-4-13-6-8-2-3-11-6/h2-3,9H,1,4,7H2. The molecule has 0 aliphatic carbocycles. The summed E-state index contributed by atoms with van der Waals surface area (Å²) < 4.78 is 4.93. The third-order valence-electron chi connectivity index (χ3n) is 1.11. The van der Waals surface area contributed by atoms with Crippen LogP contribution in [0, 0.1) is 0 Å². The Morgan fingerprint density at radius 2 is 2.69 bits per heavy atom. The highest BCUT2D eigenvalue weighted by Gasteiger charge is 2.04. The lowest BCUT2D eigenvalue weighted by atomic mass is 10.5. The second kappa shape index (κ2) is 5.57. The summed E-state index contributed by atoms with van der Waals surface area (Å²) >= 11 is 1.33. The molecule has 0 aliphatic heterocycles. The summed E-state index contributed by atoms with van der Waals surface area (Å²) in [5, 5.41) is 0.536. The molecule has 0 spiro atoms. The fraction of sp³-hybridized carbons (Fsp3) is 0.333. The van der Waals surface area contributed by atoms with Gasteiger partial charge in [-0.05, 0) is 0 Å². The number of aromatic nitrogens is 1. The molecule has 1 aromatic heterocycles. The summed E-state index contributed by atoms with van der Waals surface area (Å²) in [6.07, 6.45) is 3.27. The van der Waals surface area contributed by atoms with Gasteiger partial charge in [-0.15, -0.1) is 0 Å². The second-order valence-electron chi connectivity index (χ2n) is 1.99. The zero-order valence-corrected chi connectivity index (χ0v) is 7.54. The fourth-order valence-electron chi connectivity index (χ4n) is 0.620. The van der Waals surface area contributed by atoms with Crippen molar-refractivity contribution in [2.45, 2.75) is 11.6 Å². The van der Waals surface area contributed by atoms with Gasteiger partial charge in [0.05, 0.1) is 12.6 Å². The molecule has 0 aromatic carbocycles. The molecule has 0 aliphatic rings. The van der Waals surface area contributed by atoms with Gasteiger partial charge in [-0.3, -0.25) is 4.79 Å². The highest BCUT2D eigenvalue weighted by Crippen LogP contribution is 2.15. The van der Waals surface area contributed by atoms with Crippen molar-refractivity contribution in [3.05, 3.63) is 12.5 Å². The number of oxazole rings is 1. The van der Waals surface area contributed by atoms with E-state index in [9.17, 15) is 4.79 Å². The number of hydrogen-bond donors (Lipinski definition) is 2. The average molecular weight is 203 g/mol. The van der Waals surface area contributed by atoms with Crippen LogP contribution in [0.5, 0.6) is 0 Å². The fourth-order valence-corrected chi connectivity index (χ4v) is 1.32. The minimum absolute atomic E-state index is 0.247. The molecule has 1 rings (SSSR count). The van der Waals surface area contributed by atoms with Gasteiger partial charge in [0.15, 0.2) is 0 Å². The molecule has 0 atom stereocenters. The first-order chi connectivity index (χ1) is 6.33. The van der Waals surface area contributed by atoms with Crippen LogP contribution in [0.15, 0.2) is 22.1 Å². The van der Waals surface area contributed by atoms with Crippen molar-refractivity contribution in [2.24, 2.45) is 5.84 Å². The van der Waals surface area contributed by atoms with Gasteiger partial charge in [0, 0.05) is 5.75 Å². The number of rotatable bonds is 5. The number of nitrogens with zero attached hydrogens (tertiary/aromatic N) is 1. The molecule has 0 bridgehead atoms. The number of thioether (sulfide) groups is 1. The lowest BCUT2D eigenvalue weighted by Gasteiger charge is -1.98. The smallest absolute Gasteiger partial charge is 0.327 e. The molecule has 6 nitrogen and oxygen atoms in total. The Bertz CT molecular complexity index is 252. The molecular formula is C6H9N3O3S. The number of carbonyl (C=O) groups is 1. The van der Waals surface area contributed by atoms with Gasteiger partial charge in [-0.25, -0.2) is 10.8 Å². The van der Waals surface area contributed by atoms with Crippen LogP contribution in [-0.2, 0) is 9.63 Å². The maximum Gasteiger partial charge on any atom is 0.327 e. The summed E-state index contributed by atoms with van der Waals surface area (Å²) in [7, 11) is 0. The summed E-state index contributed by atoms with van der Waals surface area (Å²) in [4.78, 5) is 18.9. The van der Waals surface area contributed by atoms with Crippen molar-refractivity contribution in [1.82, 2.24) is 10.6 Å². The predicted octanol–water partition coefficient (Wildman–Crippen LogP) is 0.0783. The van der Waals surface area contributed by atoms with E-state index in [4.69, 9.17) is 10.3 Å². The van der Waals surface area contributed by atoms with E-state index in [0.29, 0.717) is 11.0 Å². The minimum atomic E-state index is -0.415. The van der Waals surface area contributed by atoms with Gasteiger partial charge in [0.2, 0.25) is 0 Å². The van der Waals surface area contributed by atoms with E-state index in [-0.39, 0.29) is 6.42 Å². The molecule has 0 saturated carbocycles. The predicted molar refractivity (Wildman–Crippen MR) is 45.3 cm³/mol. The third kappa shape index (κ3) is 3.92. The first-order valence-corrected chi connectivity index (χ1v) is 4.49. The largest absolute Gasteiger partial charge is 0.440 e. The monoisotopic (exact) mass is 203 g/mol. The van der Waals surface area contributed by atoms with E-state index < -0.39 is 5.97 Å². The third-order valence-corrected chi connectivity index (χ3v) is 1.97. The molecular weight excluding hydrogens is 194 g/mol. The summed E-state index contributed by atoms with van der Waals surface area (Å²) in [5.41, 5.74) is 1.81. The number of nitrogens with two attached hydrogens (primary N) is 1. The van der Waals surface area contributed by atoms with Gasteiger partial charge in [0.25, 0.3) is 5.22 Å². The van der Waals surface area contributed by atoms with Crippen LogP contribution in [0.2, 0.25) is 0 Å². The molecule has 7 heteroatoms. The SMILES string of the molecule is NNOC(=O)CCSc1ncco1. The van der Waals surface area contributed by atoms with E-state index in [2.05, 4.69) is 9.82 Å². The first-order valence-electron chi connectivity index (χ1n) is 3.50. The van der Waals surface area contributed by atoms with E-state index in [1.54, 1.807) is 6.20 Å². The Balaban J connectivity index is 2.11. The summed E-state index contributed by atoms with van der Waals surface area (Å²) in [6, 6.07) is 0.